The minimum absolute atomic E-state index is 0.219. The summed E-state index contributed by atoms with van der Waals surface area (Å²) in [5.41, 5.74) is 3.30. The molecular weight excluding hydrogens is 426 g/mol. The van der Waals surface area contributed by atoms with E-state index in [2.05, 4.69) is 0 Å². The molecule has 0 unspecified atom stereocenters. The first kappa shape index (κ1) is 21.8. The summed E-state index contributed by atoms with van der Waals surface area (Å²) in [6, 6.07) is 22.2. The maximum absolute atomic E-state index is 13.1. The lowest BCUT2D eigenvalue weighted by molar-refractivity contribution is -0.129. The number of aliphatic hydroxyl groups is 1. The van der Waals surface area contributed by atoms with Crippen molar-refractivity contribution >= 4 is 23.1 Å². The van der Waals surface area contributed by atoms with Crippen LogP contribution in [0.1, 0.15) is 22.7 Å². The van der Waals surface area contributed by atoms with Gasteiger partial charge in [-0.3, -0.25) is 4.79 Å². The number of hydrogen-bond donors (Lipinski definition) is 1. The number of halogens is 1. The highest BCUT2D eigenvalue weighted by molar-refractivity contribution is 6.30. The molecule has 6 heteroatoms. The van der Waals surface area contributed by atoms with Gasteiger partial charge in [-0.2, -0.15) is 0 Å². The molecule has 0 fully saturated rings. The van der Waals surface area contributed by atoms with Crippen molar-refractivity contribution in [1.82, 2.24) is 4.90 Å². The summed E-state index contributed by atoms with van der Waals surface area (Å²) in [5.74, 6) is 0.684. The van der Waals surface area contributed by atoms with Crippen LogP contribution in [-0.4, -0.2) is 36.7 Å². The Labute approximate surface area is 192 Å². The van der Waals surface area contributed by atoms with Gasteiger partial charge in [0.05, 0.1) is 20.3 Å². The van der Waals surface area contributed by atoms with E-state index < -0.39 is 6.04 Å². The van der Waals surface area contributed by atoms with Crippen LogP contribution in [0.3, 0.4) is 0 Å². The molecule has 5 nitrogen and oxygen atoms in total. The Balaban J connectivity index is 1.68. The van der Waals surface area contributed by atoms with Gasteiger partial charge in [0.25, 0.3) is 5.91 Å². The molecular formula is C26H24ClNO4. The molecule has 1 amide bonds. The molecule has 3 aromatic carbocycles. The van der Waals surface area contributed by atoms with Gasteiger partial charge in [-0.05, 0) is 47.4 Å². The standard InChI is InChI=1S/C26H24ClNO4/c1-31-21-13-8-17(16-22(21)32-2)14-15-28-24(19-9-11-20(27)12-10-19)23(25(29)26(28)30)18-6-4-3-5-7-18/h3-13,16,24,29H,14-15H2,1-2H3/t24-/m1/s1. The molecule has 0 bridgehead atoms. The van der Waals surface area contributed by atoms with E-state index in [0.717, 1.165) is 16.7 Å². The van der Waals surface area contributed by atoms with Gasteiger partial charge in [0.1, 0.15) is 0 Å². The zero-order valence-electron chi connectivity index (χ0n) is 17.9. The normalized spacial score (nSPS) is 15.9. The number of aliphatic hydroxyl groups excluding tert-OH is 1. The molecule has 3 aromatic rings. The van der Waals surface area contributed by atoms with Crippen molar-refractivity contribution in [3.63, 3.8) is 0 Å². The monoisotopic (exact) mass is 449 g/mol. The summed E-state index contributed by atoms with van der Waals surface area (Å²) < 4.78 is 10.7. The van der Waals surface area contributed by atoms with Gasteiger partial charge >= 0.3 is 0 Å². The van der Waals surface area contributed by atoms with Gasteiger partial charge in [0.2, 0.25) is 0 Å². The molecule has 1 aliphatic heterocycles. The molecule has 0 aliphatic carbocycles. The Bertz CT molecular complexity index is 1140. The van der Waals surface area contributed by atoms with Crippen LogP contribution >= 0.6 is 11.6 Å². The second-order valence-corrected chi connectivity index (χ2v) is 7.96. The van der Waals surface area contributed by atoms with Crippen LogP contribution in [0, 0.1) is 0 Å². The lowest BCUT2D eigenvalue weighted by Gasteiger charge is -2.27. The number of ether oxygens (including phenoxy) is 2. The molecule has 164 valence electrons. The smallest absolute Gasteiger partial charge is 0.289 e. The van der Waals surface area contributed by atoms with E-state index in [4.69, 9.17) is 21.1 Å². The number of carbonyl (C=O) groups excluding carboxylic acids is 1. The largest absolute Gasteiger partial charge is 0.503 e. The minimum atomic E-state index is -0.415. The highest BCUT2D eigenvalue weighted by Gasteiger charge is 2.40. The first-order valence-electron chi connectivity index (χ1n) is 10.3. The third-order valence-electron chi connectivity index (χ3n) is 5.66. The molecule has 0 saturated carbocycles. The van der Waals surface area contributed by atoms with Crippen molar-refractivity contribution in [2.45, 2.75) is 12.5 Å². The summed E-state index contributed by atoms with van der Waals surface area (Å²) in [6.45, 7) is 0.419. The Morgan fingerprint density at radius 2 is 1.62 bits per heavy atom. The quantitative estimate of drug-likeness (QED) is 0.521. The van der Waals surface area contributed by atoms with E-state index in [1.54, 1.807) is 31.3 Å². The van der Waals surface area contributed by atoms with Gasteiger partial charge in [-0.1, -0.05) is 60.1 Å². The molecule has 0 aromatic heterocycles. The maximum Gasteiger partial charge on any atom is 0.289 e. The number of nitrogens with zero attached hydrogens (tertiary/aromatic N) is 1. The zero-order valence-corrected chi connectivity index (χ0v) is 18.7. The minimum Gasteiger partial charge on any atom is -0.503 e. The van der Waals surface area contributed by atoms with Gasteiger partial charge in [-0.25, -0.2) is 0 Å². The molecule has 0 radical (unpaired) electrons. The summed E-state index contributed by atoms with van der Waals surface area (Å²) in [4.78, 5) is 14.8. The number of benzene rings is 3. The fourth-order valence-electron chi connectivity index (χ4n) is 4.07. The second kappa shape index (κ2) is 9.37. The van der Waals surface area contributed by atoms with Crippen LogP contribution in [0.5, 0.6) is 11.5 Å². The van der Waals surface area contributed by atoms with Crippen molar-refractivity contribution in [2.24, 2.45) is 0 Å². The molecule has 1 heterocycles. The van der Waals surface area contributed by atoms with E-state index in [-0.39, 0.29) is 11.7 Å². The Kier molecular flexibility index (Phi) is 6.37. The molecule has 1 atom stereocenters. The lowest BCUT2D eigenvalue weighted by Crippen LogP contribution is -2.32. The van der Waals surface area contributed by atoms with Crippen LogP contribution in [0.2, 0.25) is 5.02 Å². The van der Waals surface area contributed by atoms with Crippen LogP contribution < -0.4 is 9.47 Å². The fourth-order valence-corrected chi connectivity index (χ4v) is 4.20. The summed E-state index contributed by atoms with van der Waals surface area (Å²) in [7, 11) is 3.19. The zero-order chi connectivity index (χ0) is 22.7. The fraction of sp³-hybridized carbons (Fsp3) is 0.192. The number of amides is 1. The van der Waals surface area contributed by atoms with E-state index in [0.29, 0.717) is 35.1 Å². The van der Waals surface area contributed by atoms with Crippen LogP contribution in [-0.2, 0) is 11.2 Å². The average molecular weight is 450 g/mol. The molecule has 1 aliphatic rings. The predicted octanol–water partition coefficient (Wildman–Crippen LogP) is 5.45. The number of carbonyl (C=O) groups is 1. The summed E-state index contributed by atoms with van der Waals surface area (Å²) >= 11 is 6.10. The molecule has 0 spiro atoms. The van der Waals surface area contributed by atoms with Gasteiger partial charge < -0.3 is 19.5 Å². The summed E-state index contributed by atoms with van der Waals surface area (Å²) in [6.07, 6.45) is 0.589. The Morgan fingerprint density at radius 1 is 0.938 bits per heavy atom. The second-order valence-electron chi connectivity index (χ2n) is 7.52. The first-order chi connectivity index (χ1) is 15.5. The summed E-state index contributed by atoms with van der Waals surface area (Å²) in [5, 5.41) is 11.5. The molecule has 1 N–H and O–H groups in total. The van der Waals surface area contributed by atoms with Crippen molar-refractivity contribution in [3.8, 4) is 11.5 Å². The van der Waals surface area contributed by atoms with Gasteiger partial charge in [0, 0.05) is 17.1 Å². The Morgan fingerprint density at radius 3 is 2.28 bits per heavy atom. The molecule has 0 saturated heterocycles. The van der Waals surface area contributed by atoms with Crippen molar-refractivity contribution < 1.29 is 19.4 Å². The van der Waals surface area contributed by atoms with Gasteiger partial charge in [0.15, 0.2) is 17.3 Å². The van der Waals surface area contributed by atoms with Crippen LogP contribution in [0.4, 0.5) is 0 Å². The maximum atomic E-state index is 13.1. The highest BCUT2D eigenvalue weighted by atomic mass is 35.5. The molecule has 4 rings (SSSR count). The van der Waals surface area contributed by atoms with Gasteiger partial charge in [-0.15, -0.1) is 0 Å². The third-order valence-corrected chi connectivity index (χ3v) is 5.92. The SMILES string of the molecule is COc1ccc(CCN2C(=O)C(O)=C(c3ccccc3)[C@H]2c2ccc(Cl)cc2)cc1OC. The molecule has 32 heavy (non-hydrogen) atoms. The number of rotatable bonds is 7. The highest BCUT2D eigenvalue weighted by Crippen LogP contribution is 2.43. The topological polar surface area (TPSA) is 59.0 Å². The predicted molar refractivity (Wildman–Crippen MR) is 125 cm³/mol. The average Bonchev–Trinajstić information content (AvgIpc) is 3.08. The van der Waals surface area contributed by atoms with Crippen LogP contribution in [0.25, 0.3) is 5.57 Å². The van der Waals surface area contributed by atoms with Crippen molar-refractivity contribution in [2.75, 3.05) is 20.8 Å². The van der Waals surface area contributed by atoms with Crippen molar-refractivity contribution in [3.05, 3.63) is 100 Å². The van der Waals surface area contributed by atoms with Crippen LogP contribution in [0.15, 0.2) is 78.6 Å². The van der Waals surface area contributed by atoms with E-state index in [1.807, 2.05) is 60.7 Å². The number of hydrogen-bond acceptors (Lipinski definition) is 4. The van der Waals surface area contributed by atoms with E-state index >= 15 is 0 Å². The lowest BCUT2D eigenvalue weighted by atomic mass is 9.93. The Hall–Kier alpha value is -3.44. The first-order valence-corrected chi connectivity index (χ1v) is 10.7. The third kappa shape index (κ3) is 4.16. The number of methoxy groups -OCH3 is 2. The van der Waals surface area contributed by atoms with E-state index in [9.17, 15) is 9.90 Å². The van der Waals surface area contributed by atoms with E-state index in [1.165, 1.54) is 0 Å². The van der Waals surface area contributed by atoms with Crippen molar-refractivity contribution in [1.29, 1.82) is 0 Å².